The maximum absolute atomic E-state index is 12.0. The van der Waals surface area contributed by atoms with Crippen LogP contribution in [0.1, 0.15) is 15.9 Å². The first-order valence-electron chi connectivity index (χ1n) is 6.11. The second-order valence-electron chi connectivity index (χ2n) is 4.45. The fourth-order valence-electron chi connectivity index (χ4n) is 1.68. The molecule has 2 aromatic heterocycles. The average Bonchev–Trinajstić information content (AvgIpc) is 2.78. The molecule has 0 unspecified atom stereocenters. The molecule has 9 heteroatoms. The molecule has 0 saturated heterocycles. The van der Waals surface area contributed by atoms with Crippen molar-refractivity contribution in [2.75, 3.05) is 0 Å². The third kappa shape index (κ3) is 5.78. The summed E-state index contributed by atoms with van der Waals surface area (Å²) in [5, 5.41) is 2.49. The van der Waals surface area contributed by atoms with Crippen LogP contribution in [0.2, 0.25) is 4.34 Å². The summed E-state index contributed by atoms with van der Waals surface area (Å²) in [5.74, 6) is -0.523. The van der Waals surface area contributed by atoms with Gasteiger partial charge in [0.05, 0.1) is 14.9 Å². The van der Waals surface area contributed by atoms with E-state index in [1.165, 1.54) is 23.5 Å². The van der Waals surface area contributed by atoms with E-state index < -0.39 is 17.5 Å². The van der Waals surface area contributed by atoms with Crippen molar-refractivity contribution < 1.29 is 41.6 Å². The number of aryl methyl sites for hydroxylation is 1. The zero-order valence-corrected chi connectivity index (χ0v) is 16.2. The van der Waals surface area contributed by atoms with Crippen molar-refractivity contribution >= 4 is 28.8 Å². The van der Waals surface area contributed by atoms with E-state index in [1.54, 1.807) is 6.07 Å². The molecule has 1 radical (unpaired) electrons. The molecule has 1 atom stereocenters. The van der Waals surface area contributed by atoms with Gasteiger partial charge in [-0.05, 0) is 30.7 Å². The minimum absolute atomic E-state index is 0. The quantitative estimate of drug-likeness (QED) is 0.750. The van der Waals surface area contributed by atoms with Crippen molar-refractivity contribution in [3.63, 3.8) is 0 Å². The maximum atomic E-state index is 12.0. The second-order valence-corrected chi connectivity index (χ2v) is 6.11. The Morgan fingerprint density at radius 2 is 2.08 bits per heavy atom. The third-order valence-electron chi connectivity index (χ3n) is 2.83. The standard InChI is InChI=1S/C15H13ClN2O2S.2H2O.Sc/c1-4-9(3)17-14(19)10-5-6-11(18-15(10)20)12-7-8(2)13(16)21-12;;;/h1,4-7,9H,3H2,2H3,(H,17,19)(H,18,20);2*1H2;/q-2;;;/t9-;;;/m0.../s1. The van der Waals surface area contributed by atoms with Crippen molar-refractivity contribution in [3.8, 4) is 10.6 Å². The Morgan fingerprint density at radius 3 is 2.54 bits per heavy atom. The molecule has 2 heterocycles. The van der Waals surface area contributed by atoms with Crippen LogP contribution in [0.25, 0.3) is 10.6 Å². The van der Waals surface area contributed by atoms with E-state index in [4.69, 9.17) is 18.2 Å². The molecule has 129 valence electrons. The topological polar surface area (TPSA) is 125 Å². The van der Waals surface area contributed by atoms with Crippen LogP contribution >= 0.6 is 22.9 Å². The number of hydrogen-bond donors (Lipinski definition) is 2. The number of thiophene rings is 1. The molecule has 0 spiro atoms. The fraction of sp³-hybridized carbons (Fsp3) is 0.133. The molecule has 1 amide bonds. The number of halogens is 1. The summed E-state index contributed by atoms with van der Waals surface area (Å²) >= 11 is 7.38. The molecule has 6 N–H and O–H groups in total. The maximum Gasteiger partial charge on any atom is 0.261 e. The Bertz CT molecular complexity index is 741. The summed E-state index contributed by atoms with van der Waals surface area (Å²) in [4.78, 5) is 27.4. The Morgan fingerprint density at radius 1 is 1.46 bits per heavy atom. The number of pyridine rings is 1. The van der Waals surface area contributed by atoms with Gasteiger partial charge in [0.25, 0.3) is 11.5 Å². The molecular weight excluding hydrogens is 385 g/mol. The minimum Gasteiger partial charge on any atom is -0.519 e. The van der Waals surface area contributed by atoms with Gasteiger partial charge in [-0.3, -0.25) is 15.7 Å². The van der Waals surface area contributed by atoms with E-state index in [0.717, 1.165) is 10.4 Å². The Labute approximate surface area is 167 Å². The summed E-state index contributed by atoms with van der Waals surface area (Å²) in [6.45, 7) is 10.7. The summed E-state index contributed by atoms with van der Waals surface area (Å²) in [6.07, 6.45) is 1.23. The molecule has 2 rings (SSSR count). The van der Waals surface area contributed by atoms with E-state index in [1.807, 2.05) is 13.0 Å². The van der Waals surface area contributed by atoms with Gasteiger partial charge in [-0.15, -0.1) is 17.4 Å². The van der Waals surface area contributed by atoms with Crippen LogP contribution in [0.4, 0.5) is 0 Å². The molecule has 0 saturated carbocycles. The number of carbonyl (C=O) groups is 1. The van der Waals surface area contributed by atoms with Gasteiger partial charge < -0.3 is 34.8 Å². The van der Waals surface area contributed by atoms with Crippen molar-refractivity contribution in [1.82, 2.24) is 10.3 Å². The zero-order chi connectivity index (χ0) is 15.6. The van der Waals surface area contributed by atoms with Crippen LogP contribution in [-0.4, -0.2) is 27.9 Å². The van der Waals surface area contributed by atoms with Crippen LogP contribution in [0, 0.1) is 20.4 Å². The van der Waals surface area contributed by atoms with Gasteiger partial charge in [0.1, 0.15) is 5.56 Å². The van der Waals surface area contributed by atoms with Crippen LogP contribution in [0.3, 0.4) is 0 Å². The summed E-state index contributed by atoms with van der Waals surface area (Å²) in [7, 11) is 0. The first-order chi connectivity index (χ1) is 9.92. The Kier molecular flexibility index (Phi) is 11.3. The number of rotatable bonds is 4. The molecule has 6 nitrogen and oxygen atoms in total. The largest absolute Gasteiger partial charge is 0.519 e. The predicted octanol–water partition coefficient (Wildman–Crippen LogP) is 1.34. The van der Waals surface area contributed by atoms with E-state index in [2.05, 4.69) is 17.2 Å². The first-order valence-corrected chi connectivity index (χ1v) is 7.30. The minimum atomic E-state index is -0.560. The Hall–Kier alpha value is -1.06. The van der Waals surface area contributed by atoms with Gasteiger partial charge in [-0.25, -0.2) is 0 Å². The molecule has 0 fully saturated rings. The van der Waals surface area contributed by atoms with Gasteiger partial charge in [0.15, 0.2) is 0 Å². The molecule has 0 aliphatic rings. The number of aromatic nitrogens is 1. The summed E-state index contributed by atoms with van der Waals surface area (Å²) in [6, 6.07) is 4.46. The first kappa shape index (κ1) is 25.2. The van der Waals surface area contributed by atoms with Gasteiger partial charge in [-0.2, -0.15) is 0 Å². The van der Waals surface area contributed by atoms with E-state index >= 15 is 0 Å². The van der Waals surface area contributed by atoms with E-state index in [9.17, 15) is 9.59 Å². The van der Waals surface area contributed by atoms with Crippen molar-refractivity contribution in [2.45, 2.75) is 13.0 Å². The molecule has 0 aliphatic carbocycles. The summed E-state index contributed by atoms with van der Waals surface area (Å²) in [5.41, 5.74) is 1.09. The SMILES string of the molecule is O.O.[CH-]=C[C@H]([CH2-])NC(=O)c1ccc(-c2cc(C)c(Cl)s2)[nH]c1=O.[Sc]. The van der Waals surface area contributed by atoms with Crippen LogP contribution < -0.4 is 10.9 Å². The van der Waals surface area contributed by atoms with Crippen molar-refractivity contribution in [1.29, 1.82) is 0 Å². The normalized spacial score (nSPS) is 10.5. The van der Waals surface area contributed by atoms with Gasteiger partial charge in [0, 0.05) is 25.8 Å². The monoisotopic (exact) mass is 401 g/mol. The smallest absolute Gasteiger partial charge is 0.261 e. The average molecular weight is 402 g/mol. The van der Waals surface area contributed by atoms with Crippen molar-refractivity contribution in [2.24, 2.45) is 0 Å². The molecule has 0 aliphatic heterocycles. The molecule has 24 heavy (non-hydrogen) atoms. The molecule has 2 aromatic rings. The van der Waals surface area contributed by atoms with Crippen LogP contribution in [0.15, 0.2) is 29.1 Å². The Balaban J connectivity index is 0. The van der Waals surface area contributed by atoms with Crippen LogP contribution in [0.5, 0.6) is 0 Å². The molecular formula is C15H17ClN2O4SSc-2. The number of H-pyrrole nitrogens is 1. The van der Waals surface area contributed by atoms with Gasteiger partial charge >= 0.3 is 0 Å². The van der Waals surface area contributed by atoms with Gasteiger partial charge in [0.2, 0.25) is 0 Å². The van der Waals surface area contributed by atoms with E-state index in [-0.39, 0.29) is 42.4 Å². The molecule has 0 bridgehead atoms. The van der Waals surface area contributed by atoms with Gasteiger partial charge in [-0.1, -0.05) is 11.6 Å². The molecule has 0 aromatic carbocycles. The number of carbonyl (C=O) groups excluding carboxylic acids is 1. The fourth-order valence-corrected chi connectivity index (χ4v) is 2.86. The number of hydrogen-bond acceptors (Lipinski definition) is 3. The van der Waals surface area contributed by atoms with Crippen molar-refractivity contribution in [3.05, 3.63) is 63.6 Å². The summed E-state index contributed by atoms with van der Waals surface area (Å²) < 4.78 is 0.672. The van der Waals surface area contributed by atoms with Crippen LogP contribution in [-0.2, 0) is 25.8 Å². The number of amides is 1. The predicted molar refractivity (Wildman–Crippen MR) is 92.8 cm³/mol. The number of aromatic amines is 1. The number of nitrogens with one attached hydrogen (secondary N) is 2. The van der Waals surface area contributed by atoms with E-state index in [0.29, 0.717) is 10.0 Å². The third-order valence-corrected chi connectivity index (χ3v) is 4.41. The second kappa shape index (κ2) is 10.7. The zero-order valence-electron chi connectivity index (χ0n) is 12.9.